The van der Waals surface area contributed by atoms with Crippen molar-refractivity contribution in [3.8, 4) is 5.75 Å². The van der Waals surface area contributed by atoms with Crippen molar-refractivity contribution in [1.29, 1.82) is 0 Å². The Balaban J connectivity index is 2.40. The molecule has 0 aliphatic rings. The van der Waals surface area contributed by atoms with Crippen LogP contribution in [0.1, 0.15) is 18.1 Å². The normalized spacial score (nSPS) is 13.8. The second-order valence-electron chi connectivity index (χ2n) is 4.99. The van der Waals surface area contributed by atoms with E-state index in [9.17, 15) is 18.3 Å². The number of hydrogen-bond acceptors (Lipinski definition) is 2. The third-order valence-corrected chi connectivity index (χ3v) is 3.33. The molecule has 112 valence electrons. The van der Waals surface area contributed by atoms with Gasteiger partial charge in [0.05, 0.1) is 12.7 Å². The van der Waals surface area contributed by atoms with E-state index in [0.717, 1.165) is 6.07 Å². The maximum absolute atomic E-state index is 14.1. The fourth-order valence-electron chi connectivity index (χ4n) is 2.24. The maximum Gasteiger partial charge on any atom is 0.168 e. The van der Waals surface area contributed by atoms with Gasteiger partial charge in [0, 0.05) is 12.0 Å². The van der Waals surface area contributed by atoms with E-state index >= 15 is 0 Å². The van der Waals surface area contributed by atoms with Gasteiger partial charge in [0.15, 0.2) is 23.2 Å². The first-order valence-electron chi connectivity index (χ1n) is 6.35. The molecule has 1 unspecified atom stereocenters. The molecule has 0 aliphatic carbocycles. The molecule has 0 saturated heterocycles. The zero-order valence-electron chi connectivity index (χ0n) is 11.7. The summed E-state index contributed by atoms with van der Waals surface area (Å²) in [5, 5.41) is 10.4. The van der Waals surface area contributed by atoms with Gasteiger partial charge in [-0.05, 0) is 24.6 Å². The molecule has 2 nitrogen and oxygen atoms in total. The Morgan fingerprint density at radius 3 is 2.38 bits per heavy atom. The Bertz CT molecular complexity index is 654. The van der Waals surface area contributed by atoms with Gasteiger partial charge < -0.3 is 9.84 Å². The van der Waals surface area contributed by atoms with E-state index in [2.05, 4.69) is 0 Å². The van der Waals surface area contributed by atoms with Crippen molar-refractivity contribution in [2.75, 3.05) is 7.11 Å². The van der Waals surface area contributed by atoms with Crippen LogP contribution in [0.2, 0.25) is 0 Å². The summed E-state index contributed by atoms with van der Waals surface area (Å²) in [4.78, 5) is 0. The van der Waals surface area contributed by atoms with Crippen LogP contribution in [0.15, 0.2) is 36.4 Å². The Kier molecular flexibility index (Phi) is 4.23. The fourth-order valence-corrected chi connectivity index (χ4v) is 2.24. The average molecular weight is 296 g/mol. The van der Waals surface area contributed by atoms with E-state index in [1.54, 1.807) is 6.07 Å². The summed E-state index contributed by atoms with van der Waals surface area (Å²) < 4.78 is 46.0. The summed E-state index contributed by atoms with van der Waals surface area (Å²) in [6.07, 6.45) is -0.212. The molecule has 0 fully saturated rings. The van der Waals surface area contributed by atoms with Crippen molar-refractivity contribution in [3.05, 3.63) is 65.0 Å². The smallest absolute Gasteiger partial charge is 0.168 e. The van der Waals surface area contributed by atoms with Crippen LogP contribution >= 0.6 is 0 Å². The zero-order chi connectivity index (χ0) is 15.6. The van der Waals surface area contributed by atoms with Crippen LogP contribution in [0.3, 0.4) is 0 Å². The van der Waals surface area contributed by atoms with Gasteiger partial charge in [0.2, 0.25) is 0 Å². The van der Waals surface area contributed by atoms with E-state index in [4.69, 9.17) is 4.74 Å². The molecule has 0 aliphatic heterocycles. The van der Waals surface area contributed by atoms with Crippen molar-refractivity contribution in [2.45, 2.75) is 18.9 Å². The summed E-state index contributed by atoms with van der Waals surface area (Å²) in [5.41, 5.74) is -1.81. The highest BCUT2D eigenvalue weighted by molar-refractivity contribution is 5.34. The molecule has 2 aromatic carbocycles. The summed E-state index contributed by atoms with van der Waals surface area (Å²) in [6, 6.07) is 8.00. The average Bonchev–Trinajstić information content (AvgIpc) is 2.44. The van der Waals surface area contributed by atoms with Gasteiger partial charge in [-0.1, -0.05) is 24.3 Å². The lowest BCUT2D eigenvalue weighted by Crippen LogP contribution is -2.26. The van der Waals surface area contributed by atoms with Gasteiger partial charge in [-0.25, -0.2) is 13.2 Å². The minimum Gasteiger partial charge on any atom is -0.494 e. The quantitative estimate of drug-likeness (QED) is 0.934. The molecule has 0 aromatic heterocycles. The number of halogens is 3. The second-order valence-corrected chi connectivity index (χ2v) is 4.99. The van der Waals surface area contributed by atoms with Crippen molar-refractivity contribution >= 4 is 0 Å². The Morgan fingerprint density at radius 1 is 1.05 bits per heavy atom. The van der Waals surface area contributed by atoms with Crippen LogP contribution in [0.4, 0.5) is 13.2 Å². The predicted octanol–water partition coefficient (Wildman–Crippen LogP) is 3.56. The first-order chi connectivity index (χ1) is 9.86. The molecule has 0 saturated carbocycles. The lowest BCUT2D eigenvalue weighted by molar-refractivity contribution is 0.0520. The fraction of sp³-hybridized carbons (Fsp3) is 0.250. The summed E-state index contributed by atoms with van der Waals surface area (Å²) >= 11 is 0. The number of rotatable bonds is 4. The van der Waals surface area contributed by atoms with Crippen molar-refractivity contribution in [3.63, 3.8) is 0 Å². The molecule has 0 radical (unpaired) electrons. The number of methoxy groups -OCH3 is 1. The van der Waals surface area contributed by atoms with Crippen LogP contribution in [0.5, 0.6) is 5.75 Å². The van der Waals surface area contributed by atoms with Gasteiger partial charge in [-0.15, -0.1) is 0 Å². The molecule has 1 N–H and O–H groups in total. The number of ether oxygens (including phenoxy) is 1. The van der Waals surface area contributed by atoms with E-state index in [-0.39, 0.29) is 23.3 Å². The predicted molar refractivity (Wildman–Crippen MR) is 72.6 cm³/mol. The molecule has 0 amide bonds. The van der Waals surface area contributed by atoms with E-state index in [1.807, 2.05) is 0 Å². The maximum atomic E-state index is 14.1. The first kappa shape index (κ1) is 15.4. The van der Waals surface area contributed by atoms with Crippen molar-refractivity contribution in [2.24, 2.45) is 0 Å². The molecule has 2 rings (SSSR count). The lowest BCUT2D eigenvalue weighted by atomic mass is 9.88. The minimum atomic E-state index is -1.75. The molecule has 1 atom stereocenters. The molecule has 2 aromatic rings. The molecule has 21 heavy (non-hydrogen) atoms. The summed E-state index contributed by atoms with van der Waals surface area (Å²) in [6.45, 7) is 1.31. The number of hydrogen-bond donors (Lipinski definition) is 1. The van der Waals surface area contributed by atoms with Crippen LogP contribution in [-0.2, 0) is 12.0 Å². The Labute approximate surface area is 120 Å². The van der Waals surface area contributed by atoms with Crippen LogP contribution in [0, 0.1) is 17.5 Å². The molecule has 0 bridgehead atoms. The monoisotopic (exact) mass is 296 g/mol. The van der Waals surface area contributed by atoms with Crippen LogP contribution < -0.4 is 4.74 Å². The van der Waals surface area contributed by atoms with E-state index < -0.39 is 23.1 Å². The minimum absolute atomic E-state index is 0.0306. The van der Waals surface area contributed by atoms with Crippen molar-refractivity contribution in [1.82, 2.24) is 0 Å². The second kappa shape index (κ2) is 5.77. The topological polar surface area (TPSA) is 29.5 Å². The lowest BCUT2D eigenvalue weighted by Gasteiger charge is -2.25. The number of aliphatic hydroxyl groups is 1. The largest absolute Gasteiger partial charge is 0.494 e. The summed E-state index contributed by atoms with van der Waals surface area (Å²) in [7, 11) is 1.33. The van der Waals surface area contributed by atoms with E-state index in [1.165, 1.54) is 38.3 Å². The third kappa shape index (κ3) is 3.03. The van der Waals surface area contributed by atoms with Crippen LogP contribution in [0.25, 0.3) is 0 Å². The third-order valence-electron chi connectivity index (χ3n) is 3.33. The van der Waals surface area contributed by atoms with E-state index in [0.29, 0.717) is 0 Å². The number of benzene rings is 2. The SMILES string of the molecule is COc1cccc(CC(C)(O)c2cccc(F)c2F)c1F. The first-order valence-corrected chi connectivity index (χ1v) is 6.35. The molecule has 5 heteroatoms. The molecule has 0 spiro atoms. The van der Waals surface area contributed by atoms with Gasteiger partial charge in [-0.2, -0.15) is 0 Å². The standard InChI is InChI=1S/C16H15F3O2/c1-16(20,11-6-4-7-12(17)15(11)19)9-10-5-3-8-13(21-2)14(10)18/h3-8,20H,9H2,1-2H3. The van der Waals surface area contributed by atoms with Gasteiger partial charge in [-0.3, -0.25) is 0 Å². The highest BCUT2D eigenvalue weighted by Gasteiger charge is 2.29. The zero-order valence-corrected chi connectivity index (χ0v) is 11.7. The van der Waals surface area contributed by atoms with Gasteiger partial charge in [0.25, 0.3) is 0 Å². The van der Waals surface area contributed by atoms with Gasteiger partial charge in [0.1, 0.15) is 0 Å². The highest BCUT2D eigenvalue weighted by Crippen LogP contribution is 2.31. The summed E-state index contributed by atoms with van der Waals surface area (Å²) in [5.74, 6) is -2.79. The molecular formula is C16H15F3O2. The Hall–Kier alpha value is -2.01. The van der Waals surface area contributed by atoms with Crippen molar-refractivity contribution < 1.29 is 23.0 Å². The van der Waals surface area contributed by atoms with Crippen LogP contribution in [-0.4, -0.2) is 12.2 Å². The highest BCUT2D eigenvalue weighted by atomic mass is 19.2. The van der Waals surface area contributed by atoms with Gasteiger partial charge >= 0.3 is 0 Å². The molecular weight excluding hydrogens is 281 g/mol. The molecule has 0 heterocycles. The Morgan fingerprint density at radius 2 is 1.71 bits per heavy atom.